The zero-order chi connectivity index (χ0) is 20.3. The molecule has 0 saturated carbocycles. The standard InChI is InChI=1S/C23H26N2O2S2/c1-2-3-14-27-20-10-8-18(9-11-20)12-13-24-23(26)21-6-4-5-7-22(21)29-16-19-15-28-17-25-19/h4-11,15,17H,2-3,12-14,16H2,1H3,(H,24,26). The summed E-state index contributed by atoms with van der Waals surface area (Å²) < 4.78 is 5.69. The van der Waals surface area contributed by atoms with Gasteiger partial charge in [0, 0.05) is 22.6 Å². The topological polar surface area (TPSA) is 51.2 Å². The minimum Gasteiger partial charge on any atom is -0.494 e. The van der Waals surface area contributed by atoms with E-state index in [9.17, 15) is 4.79 Å². The zero-order valence-electron chi connectivity index (χ0n) is 16.6. The molecule has 0 saturated heterocycles. The first-order valence-corrected chi connectivity index (χ1v) is 11.8. The monoisotopic (exact) mass is 426 g/mol. The maximum Gasteiger partial charge on any atom is 0.252 e. The Kier molecular flexibility index (Phi) is 8.58. The van der Waals surface area contributed by atoms with E-state index in [1.165, 1.54) is 5.56 Å². The van der Waals surface area contributed by atoms with Crippen LogP contribution in [0.4, 0.5) is 0 Å². The second-order valence-electron chi connectivity index (χ2n) is 6.62. The fraction of sp³-hybridized carbons (Fsp3) is 0.304. The molecule has 0 aliphatic heterocycles. The van der Waals surface area contributed by atoms with Crippen molar-refractivity contribution in [2.45, 2.75) is 36.8 Å². The summed E-state index contributed by atoms with van der Waals surface area (Å²) in [4.78, 5) is 17.9. The van der Waals surface area contributed by atoms with Crippen molar-refractivity contribution in [3.05, 3.63) is 76.2 Å². The average Bonchev–Trinajstić information content (AvgIpc) is 3.27. The van der Waals surface area contributed by atoms with E-state index in [0.29, 0.717) is 12.1 Å². The van der Waals surface area contributed by atoms with Gasteiger partial charge in [-0.3, -0.25) is 4.79 Å². The predicted octanol–water partition coefficient (Wildman–Crippen LogP) is 5.59. The molecule has 6 heteroatoms. The highest BCUT2D eigenvalue weighted by Crippen LogP contribution is 2.26. The van der Waals surface area contributed by atoms with E-state index in [2.05, 4.69) is 29.4 Å². The molecule has 0 bridgehead atoms. The Labute approximate surface area is 180 Å². The molecule has 2 aromatic carbocycles. The highest BCUT2D eigenvalue weighted by molar-refractivity contribution is 7.98. The minimum absolute atomic E-state index is 0.0362. The Hall–Kier alpha value is -2.31. The van der Waals surface area contributed by atoms with Crippen LogP contribution in [0.3, 0.4) is 0 Å². The number of hydrogen-bond acceptors (Lipinski definition) is 5. The predicted molar refractivity (Wildman–Crippen MR) is 121 cm³/mol. The molecule has 29 heavy (non-hydrogen) atoms. The summed E-state index contributed by atoms with van der Waals surface area (Å²) in [5, 5.41) is 5.08. The maximum atomic E-state index is 12.7. The summed E-state index contributed by atoms with van der Waals surface area (Å²) in [5.74, 6) is 1.63. The Morgan fingerprint density at radius 1 is 1.17 bits per heavy atom. The van der Waals surface area contributed by atoms with Gasteiger partial charge in [-0.05, 0) is 42.7 Å². The third-order valence-electron chi connectivity index (χ3n) is 4.38. The molecule has 3 rings (SSSR count). The third kappa shape index (κ3) is 6.91. The lowest BCUT2D eigenvalue weighted by molar-refractivity contribution is 0.0951. The number of unbranched alkanes of at least 4 members (excludes halogenated alkanes) is 1. The summed E-state index contributed by atoms with van der Waals surface area (Å²) in [5.41, 5.74) is 4.77. The number of amides is 1. The van der Waals surface area contributed by atoms with Gasteiger partial charge < -0.3 is 10.1 Å². The first kappa shape index (κ1) is 21.4. The van der Waals surface area contributed by atoms with E-state index in [-0.39, 0.29) is 5.91 Å². The SMILES string of the molecule is CCCCOc1ccc(CCNC(=O)c2ccccc2SCc2cscn2)cc1. The van der Waals surface area contributed by atoms with Gasteiger partial charge in [0.25, 0.3) is 5.91 Å². The van der Waals surface area contributed by atoms with Gasteiger partial charge in [-0.25, -0.2) is 4.98 Å². The fourth-order valence-corrected chi connectivity index (χ4v) is 4.36. The van der Waals surface area contributed by atoms with Crippen molar-refractivity contribution in [3.8, 4) is 5.75 Å². The lowest BCUT2D eigenvalue weighted by atomic mass is 10.1. The van der Waals surface area contributed by atoms with Crippen molar-refractivity contribution in [2.24, 2.45) is 0 Å². The molecule has 3 aromatic rings. The summed E-state index contributed by atoms with van der Waals surface area (Å²) >= 11 is 3.23. The van der Waals surface area contributed by atoms with Crippen molar-refractivity contribution in [3.63, 3.8) is 0 Å². The molecule has 1 N–H and O–H groups in total. The molecule has 1 heterocycles. The van der Waals surface area contributed by atoms with Gasteiger partial charge in [0.15, 0.2) is 0 Å². The first-order valence-electron chi connectivity index (χ1n) is 9.85. The van der Waals surface area contributed by atoms with Gasteiger partial charge in [-0.1, -0.05) is 37.6 Å². The molecule has 0 radical (unpaired) electrons. The second-order valence-corrected chi connectivity index (χ2v) is 8.35. The number of nitrogens with zero attached hydrogens (tertiary/aromatic N) is 1. The molecule has 0 atom stereocenters. The van der Waals surface area contributed by atoms with Crippen LogP contribution in [0.1, 0.15) is 41.4 Å². The van der Waals surface area contributed by atoms with E-state index in [1.54, 1.807) is 23.1 Å². The first-order chi connectivity index (χ1) is 14.3. The molecule has 0 aliphatic rings. The summed E-state index contributed by atoms with van der Waals surface area (Å²) in [6.07, 6.45) is 2.98. The molecule has 0 fully saturated rings. The Morgan fingerprint density at radius 3 is 2.76 bits per heavy atom. The molecule has 0 spiro atoms. The summed E-state index contributed by atoms with van der Waals surface area (Å²) in [6.45, 7) is 3.50. The number of ether oxygens (including phenoxy) is 1. The van der Waals surface area contributed by atoms with Crippen molar-refractivity contribution in [1.82, 2.24) is 10.3 Å². The molecule has 1 amide bonds. The Morgan fingerprint density at radius 2 is 2.00 bits per heavy atom. The summed E-state index contributed by atoms with van der Waals surface area (Å²) in [6, 6.07) is 15.8. The van der Waals surface area contributed by atoms with Gasteiger partial charge in [-0.2, -0.15) is 0 Å². The van der Waals surface area contributed by atoms with Crippen LogP contribution in [0.25, 0.3) is 0 Å². The number of benzene rings is 2. The van der Waals surface area contributed by atoms with Gasteiger partial charge in [0.05, 0.1) is 23.4 Å². The van der Waals surface area contributed by atoms with E-state index in [1.807, 2.05) is 47.3 Å². The maximum absolute atomic E-state index is 12.7. The number of rotatable bonds is 11. The smallest absolute Gasteiger partial charge is 0.252 e. The van der Waals surface area contributed by atoms with E-state index in [4.69, 9.17) is 4.74 Å². The van der Waals surface area contributed by atoms with Crippen LogP contribution in [0.5, 0.6) is 5.75 Å². The van der Waals surface area contributed by atoms with E-state index >= 15 is 0 Å². The van der Waals surface area contributed by atoms with Gasteiger partial charge in [-0.15, -0.1) is 23.1 Å². The van der Waals surface area contributed by atoms with Crippen LogP contribution >= 0.6 is 23.1 Å². The molecular formula is C23H26N2O2S2. The molecular weight excluding hydrogens is 400 g/mol. The second kappa shape index (κ2) is 11.6. The van der Waals surface area contributed by atoms with E-state index in [0.717, 1.165) is 48.0 Å². The van der Waals surface area contributed by atoms with Gasteiger partial charge in [0.1, 0.15) is 5.75 Å². The van der Waals surface area contributed by atoms with Crippen LogP contribution in [0.15, 0.2) is 64.3 Å². The van der Waals surface area contributed by atoms with Crippen LogP contribution in [0, 0.1) is 0 Å². The fourth-order valence-electron chi connectivity index (χ4n) is 2.74. The number of thiazole rings is 1. The number of carbonyl (C=O) groups is 1. The third-order valence-corrected chi connectivity index (χ3v) is 6.12. The molecule has 1 aromatic heterocycles. The average molecular weight is 427 g/mol. The quantitative estimate of drug-likeness (QED) is 0.321. The van der Waals surface area contributed by atoms with Crippen LogP contribution in [0.2, 0.25) is 0 Å². The Balaban J connectivity index is 1.48. The van der Waals surface area contributed by atoms with Crippen molar-refractivity contribution in [1.29, 1.82) is 0 Å². The van der Waals surface area contributed by atoms with Crippen molar-refractivity contribution >= 4 is 29.0 Å². The van der Waals surface area contributed by atoms with Crippen molar-refractivity contribution < 1.29 is 9.53 Å². The number of carbonyl (C=O) groups excluding carboxylic acids is 1. The van der Waals surface area contributed by atoms with E-state index < -0.39 is 0 Å². The molecule has 0 aliphatic carbocycles. The number of nitrogens with one attached hydrogen (secondary N) is 1. The Bertz CT molecular complexity index is 880. The molecule has 0 unspecified atom stereocenters. The van der Waals surface area contributed by atoms with Crippen molar-refractivity contribution in [2.75, 3.05) is 13.2 Å². The van der Waals surface area contributed by atoms with Gasteiger partial charge in [0.2, 0.25) is 0 Å². The number of aromatic nitrogens is 1. The highest BCUT2D eigenvalue weighted by Gasteiger charge is 2.11. The van der Waals surface area contributed by atoms with Crippen LogP contribution < -0.4 is 10.1 Å². The lowest BCUT2D eigenvalue weighted by Gasteiger charge is -2.10. The largest absolute Gasteiger partial charge is 0.494 e. The summed E-state index contributed by atoms with van der Waals surface area (Å²) in [7, 11) is 0. The normalized spacial score (nSPS) is 10.7. The zero-order valence-corrected chi connectivity index (χ0v) is 18.2. The van der Waals surface area contributed by atoms with Crippen LogP contribution in [-0.4, -0.2) is 24.0 Å². The minimum atomic E-state index is -0.0362. The van der Waals surface area contributed by atoms with Gasteiger partial charge >= 0.3 is 0 Å². The van der Waals surface area contributed by atoms with Crippen LogP contribution in [-0.2, 0) is 12.2 Å². The molecule has 4 nitrogen and oxygen atoms in total. The number of thioether (sulfide) groups is 1. The number of hydrogen-bond donors (Lipinski definition) is 1. The lowest BCUT2D eigenvalue weighted by Crippen LogP contribution is -2.26. The highest BCUT2D eigenvalue weighted by atomic mass is 32.2. The molecule has 152 valence electrons.